The molecule has 1 fully saturated rings. The van der Waals surface area contributed by atoms with E-state index in [-0.39, 0.29) is 24.8 Å². The average molecular weight is 400 g/mol. The average Bonchev–Trinajstić information content (AvgIpc) is 2.77. The van der Waals surface area contributed by atoms with Crippen LogP contribution in [0, 0.1) is 11.7 Å². The minimum absolute atomic E-state index is 0.0789. The van der Waals surface area contributed by atoms with E-state index in [0.717, 1.165) is 0 Å². The molecule has 3 N–H and O–H groups in total. The van der Waals surface area contributed by atoms with E-state index < -0.39 is 17.4 Å². The van der Waals surface area contributed by atoms with Gasteiger partial charge in [-0.2, -0.15) is 0 Å². The Balaban J connectivity index is 1.61. The topological polar surface area (TPSA) is 87.7 Å². The predicted octanol–water partition coefficient (Wildman–Crippen LogP) is 1.87. The van der Waals surface area contributed by atoms with Gasteiger partial charge in [-0.05, 0) is 42.0 Å². The third-order valence-corrected chi connectivity index (χ3v) is 5.26. The number of ether oxygens (including phenoxy) is 1. The van der Waals surface area contributed by atoms with E-state index in [4.69, 9.17) is 4.74 Å². The maximum absolute atomic E-state index is 12.9. The Labute approximate surface area is 169 Å². The molecule has 2 aromatic rings. The number of benzene rings is 2. The molecule has 1 aliphatic rings. The normalized spacial score (nSPS) is 16.6. The van der Waals surface area contributed by atoms with Crippen LogP contribution >= 0.6 is 0 Å². The molecule has 0 saturated carbocycles. The van der Waals surface area contributed by atoms with E-state index in [1.54, 1.807) is 0 Å². The Kier molecular flexibility index (Phi) is 6.95. The highest BCUT2D eigenvalue weighted by Gasteiger charge is 2.39. The summed E-state index contributed by atoms with van der Waals surface area (Å²) in [6, 6.07) is 14.8. The quantitative estimate of drug-likeness (QED) is 0.646. The van der Waals surface area contributed by atoms with Gasteiger partial charge in [0.25, 0.3) is 0 Å². The molecule has 2 amide bonds. The van der Waals surface area contributed by atoms with Crippen LogP contribution in [0.2, 0.25) is 0 Å². The molecule has 0 unspecified atom stereocenters. The lowest BCUT2D eigenvalue weighted by atomic mass is 9.77. The monoisotopic (exact) mass is 400 g/mol. The first-order valence-electron chi connectivity index (χ1n) is 9.65. The van der Waals surface area contributed by atoms with Crippen molar-refractivity contribution in [2.75, 3.05) is 19.8 Å². The van der Waals surface area contributed by atoms with E-state index >= 15 is 0 Å². The van der Waals surface area contributed by atoms with Crippen molar-refractivity contribution >= 4 is 11.8 Å². The molecule has 0 spiro atoms. The summed E-state index contributed by atoms with van der Waals surface area (Å²) in [6.07, 6.45) is 1.33. The van der Waals surface area contributed by atoms with Crippen molar-refractivity contribution < 1.29 is 23.8 Å². The van der Waals surface area contributed by atoms with Gasteiger partial charge < -0.3 is 20.5 Å². The van der Waals surface area contributed by atoms with Gasteiger partial charge in [0.15, 0.2) is 0 Å². The zero-order valence-corrected chi connectivity index (χ0v) is 16.1. The smallest absolute Gasteiger partial charge is 0.309 e. The highest BCUT2D eigenvalue weighted by Crippen LogP contribution is 2.35. The summed E-state index contributed by atoms with van der Waals surface area (Å²) in [6.45, 7) is 1.12. The number of amides is 2. The molecule has 1 aliphatic heterocycles. The maximum atomic E-state index is 12.9. The third kappa shape index (κ3) is 5.40. The number of rotatable bonds is 6. The third-order valence-electron chi connectivity index (χ3n) is 5.26. The van der Waals surface area contributed by atoms with Gasteiger partial charge >= 0.3 is 11.8 Å². The summed E-state index contributed by atoms with van der Waals surface area (Å²) >= 11 is 0. The molecular weight excluding hydrogens is 375 g/mol. The van der Waals surface area contributed by atoms with Gasteiger partial charge in [-0.3, -0.25) is 9.59 Å². The molecule has 154 valence electrons. The van der Waals surface area contributed by atoms with E-state index in [9.17, 15) is 19.1 Å². The minimum atomic E-state index is -1.29. The number of nitrogens with one attached hydrogen (secondary N) is 2. The van der Waals surface area contributed by atoms with Crippen LogP contribution in [0.1, 0.15) is 24.0 Å². The molecule has 1 heterocycles. The van der Waals surface area contributed by atoms with Crippen LogP contribution in [-0.2, 0) is 26.5 Å². The molecule has 0 bridgehead atoms. The maximum Gasteiger partial charge on any atom is 0.309 e. The lowest BCUT2D eigenvalue weighted by Crippen LogP contribution is -2.50. The van der Waals surface area contributed by atoms with Crippen molar-refractivity contribution in [1.29, 1.82) is 0 Å². The summed E-state index contributed by atoms with van der Waals surface area (Å²) in [5.41, 5.74) is 0.0762. The zero-order valence-electron chi connectivity index (χ0n) is 16.1. The number of carbonyl (C=O) groups is 2. The van der Waals surface area contributed by atoms with Gasteiger partial charge in [-0.1, -0.05) is 42.5 Å². The fourth-order valence-corrected chi connectivity index (χ4v) is 3.54. The summed E-state index contributed by atoms with van der Waals surface area (Å²) in [5, 5.41) is 16.5. The fourth-order valence-electron chi connectivity index (χ4n) is 3.54. The van der Waals surface area contributed by atoms with E-state index in [1.165, 1.54) is 24.3 Å². The fraction of sp³-hybridized carbons (Fsp3) is 0.364. The first-order valence-corrected chi connectivity index (χ1v) is 9.65. The van der Waals surface area contributed by atoms with Gasteiger partial charge in [-0.15, -0.1) is 0 Å². The Bertz CT molecular complexity index is 822. The molecule has 0 radical (unpaired) electrons. The Morgan fingerprint density at radius 3 is 2.28 bits per heavy atom. The molecule has 7 heteroatoms. The summed E-state index contributed by atoms with van der Waals surface area (Å²) in [4.78, 5) is 24.4. The minimum Gasteiger partial charge on any atom is -0.383 e. The van der Waals surface area contributed by atoms with Gasteiger partial charge in [0.1, 0.15) is 11.4 Å². The second-order valence-electron chi connectivity index (χ2n) is 7.17. The van der Waals surface area contributed by atoms with Crippen LogP contribution in [0.4, 0.5) is 4.39 Å². The van der Waals surface area contributed by atoms with Crippen molar-refractivity contribution in [2.45, 2.75) is 25.0 Å². The van der Waals surface area contributed by atoms with Crippen LogP contribution in [-0.4, -0.2) is 36.7 Å². The Morgan fingerprint density at radius 2 is 1.62 bits per heavy atom. The van der Waals surface area contributed by atoms with Crippen molar-refractivity contribution in [1.82, 2.24) is 10.6 Å². The van der Waals surface area contributed by atoms with Crippen LogP contribution in [0.25, 0.3) is 0 Å². The molecule has 0 aliphatic carbocycles. The number of hydrogen-bond acceptors (Lipinski definition) is 4. The van der Waals surface area contributed by atoms with Crippen LogP contribution in [0.3, 0.4) is 0 Å². The first-order chi connectivity index (χ1) is 14.0. The van der Waals surface area contributed by atoms with Crippen LogP contribution < -0.4 is 10.6 Å². The Morgan fingerprint density at radius 1 is 1.00 bits per heavy atom. The zero-order chi connectivity index (χ0) is 20.7. The standard InChI is InChI=1S/C22H25FN2O4/c23-19-8-6-16(7-9-19)14-24-20(26)21(27)25-15-22(28,17-4-2-1-3-5-17)18-10-12-29-13-11-18/h1-9,18,28H,10-15H2,(H,24,26)(H,25,27)/t22-/m0/s1. The SMILES string of the molecule is O=C(NCc1ccc(F)cc1)C(=O)NC[C@](O)(c1ccccc1)C1CCOCC1. The van der Waals surface area contributed by atoms with Gasteiger partial charge in [0, 0.05) is 19.8 Å². The lowest BCUT2D eigenvalue weighted by Gasteiger charge is -2.39. The first kappa shape index (κ1) is 21.0. The molecule has 1 atom stereocenters. The molecule has 1 saturated heterocycles. The largest absolute Gasteiger partial charge is 0.383 e. The highest BCUT2D eigenvalue weighted by atomic mass is 19.1. The van der Waals surface area contributed by atoms with Crippen molar-refractivity contribution in [2.24, 2.45) is 5.92 Å². The second kappa shape index (κ2) is 9.62. The van der Waals surface area contributed by atoms with E-state index in [0.29, 0.717) is 37.2 Å². The predicted molar refractivity (Wildman–Crippen MR) is 105 cm³/mol. The molecule has 0 aromatic heterocycles. The number of hydrogen-bond donors (Lipinski definition) is 3. The highest BCUT2D eigenvalue weighted by molar-refractivity contribution is 6.35. The van der Waals surface area contributed by atoms with Crippen molar-refractivity contribution in [3.05, 3.63) is 71.5 Å². The lowest BCUT2D eigenvalue weighted by molar-refractivity contribution is -0.140. The Hall–Kier alpha value is -2.77. The summed E-state index contributed by atoms with van der Waals surface area (Å²) in [5.74, 6) is -2.10. The number of aliphatic hydroxyl groups is 1. The molecule has 3 rings (SSSR count). The number of halogens is 1. The molecule has 6 nitrogen and oxygen atoms in total. The van der Waals surface area contributed by atoms with Gasteiger partial charge in [0.05, 0.1) is 6.54 Å². The molecule has 29 heavy (non-hydrogen) atoms. The summed E-state index contributed by atoms with van der Waals surface area (Å²) in [7, 11) is 0. The van der Waals surface area contributed by atoms with Crippen molar-refractivity contribution in [3.8, 4) is 0 Å². The van der Waals surface area contributed by atoms with Crippen molar-refractivity contribution in [3.63, 3.8) is 0 Å². The molecular formula is C22H25FN2O4. The van der Waals surface area contributed by atoms with E-state index in [2.05, 4.69) is 10.6 Å². The van der Waals surface area contributed by atoms with Crippen LogP contribution in [0.15, 0.2) is 54.6 Å². The van der Waals surface area contributed by atoms with Gasteiger partial charge in [-0.25, -0.2) is 4.39 Å². The van der Waals surface area contributed by atoms with Gasteiger partial charge in [0.2, 0.25) is 0 Å². The second-order valence-corrected chi connectivity index (χ2v) is 7.17. The van der Waals surface area contributed by atoms with E-state index in [1.807, 2.05) is 30.3 Å². The number of carbonyl (C=O) groups excluding carboxylic acids is 2. The molecule has 2 aromatic carbocycles. The summed E-state index contributed by atoms with van der Waals surface area (Å²) < 4.78 is 18.3. The van der Waals surface area contributed by atoms with Crippen LogP contribution in [0.5, 0.6) is 0 Å².